The maximum atomic E-state index is 5.48. The van der Waals surface area contributed by atoms with E-state index in [-0.39, 0.29) is 11.5 Å². The Balaban J connectivity index is 3.17. The Labute approximate surface area is 92.8 Å². The van der Waals surface area contributed by atoms with E-state index in [1.54, 1.807) is 0 Å². The van der Waals surface area contributed by atoms with Gasteiger partial charge in [-0.3, -0.25) is 11.3 Å². The van der Waals surface area contributed by atoms with Gasteiger partial charge in [-0.15, -0.1) is 0 Å². The van der Waals surface area contributed by atoms with Crippen LogP contribution >= 0.6 is 0 Å². The maximum Gasteiger partial charge on any atom is 0.0434 e. The van der Waals surface area contributed by atoms with Crippen LogP contribution in [0, 0.1) is 6.92 Å². The fourth-order valence-electron chi connectivity index (χ4n) is 1.66. The molecule has 0 saturated heterocycles. The molecule has 1 aromatic rings. The summed E-state index contributed by atoms with van der Waals surface area (Å²) in [6, 6.07) is 6.82. The van der Waals surface area contributed by atoms with Gasteiger partial charge in [-0.2, -0.15) is 0 Å². The van der Waals surface area contributed by atoms with Crippen molar-refractivity contribution in [2.24, 2.45) is 5.84 Å². The first kappa shape index (κ1) is 12.2. The summed E-state index contributed by atoms with van der Waals surface area (Å²) in [7, 11) is 0. The first-order valence-corrected chi connectivity index (χ1v) is 5.43. The molecule has 0 aliphatic carbocycles. The second-order valence-electron chi connectivity index (χ2n) is 5.21. The number of hydrogen-bond acceptors (Lipinski definition) is 2. The molecule has 2 nitrogen and oxygen atoms in total. The van der Waals surface area contributed by atoms with E-state index in [0.717, 1.165) is 0 Å². The normalized spacial score (nSPS) is 14.0. The molecule has 1 rings (SSSR count). The van der Waals surface area contributed by atoms with Crippen LogP contribution in [0.5, 0.6) is 0 Å². The molecular formula is C13H22N2. The van der Waals surface area contributed by atoms with Gasteiger partial charge in [-0.1, -0.05) is 39.0 Å². The van der Waals surface area contributed by atoms with Gasteiger partial charge in [0, 0.05) is 6.04 Å². The number of nitrogens with two attached hydrogens (primary N) is 1. The zero-order valence-corrected chi connectivity index (χ0v) is 10.4. The van der Waals surface area contributed by atoms with Gasteiger partial charge in [-0.05, 0) is 36.0 Å². The number of aryl methyl sites for hydroxylation is 1. The number of benzene rings is 1. The van der Waals surface area contributed by atoms with Crippen molar-refractivity contribution < 1.29 is 0 Å². The highest BCUT2D eigenvalue weighted by atomic mass is 15.2. The molecule has 0 saturated carbocycles. The van der Waals surface area contributed by atoms with Crippen LogP contribution in [-0.4, -0.2) is 0 Å². The Morgan fingerprint density at radius 2 is 1.87 bits per heavy atom. The molecule has 15 heavy (non-hydrogen) atoms. The van der Waals surface area contributed by atoms with Crippen molar-refractivity contribution in [3.05, 3.63) is 34.9 Å². The lowest BCUT2D eigenvalue weighted by Gasteiger charge is -2.22. The van der Waals surface area contributed by atoms with E-state index < -0.39 is 0 Å². The third kappa shape index (κ3) is 2.80. The monoisotopic (exact) mass is 206 g/mol. The Morgan fingerprint density at radius 1 is 1.27 bits per heavy atom. The number of rotatable bonds is 2. The number of hydrogen-bond donors (Lipinski definition) is 2. The van der Waals surface area contributed by atoms with Crippen LogP contribution in [0.1, 0.15) is 50.4 Å². The Hall–Kier alpha value is -0.860. The number of hydrazine groups is 1. The fourth-order valence-corrected chi connectivity index (χ4v) is 1.66. The first-order chi connectivity index (χ1) is 6.86. The van der Waals surface area contributed by atoms with Gasteiger partial charge in [-0.25, -0.2) is 0 Å². The van der Waals surface area contributed by atoms with Gasteiger partial charge < -0.3 is 0 Å². The smallest absolute Gasteiger partial charge is 0.0434 e. The summed E-state index contributed by atoms with van der Waals surface area (Å²) in [4.78, 5) is 0. The molecular weight excluding hydrogens is 184 g/mol. The van der Waals surface area contributed by atoms with Crippen molar-refractivity contribution in [1.29, 1.82) is 0 Å². The van der Waals surface area contributed by atoms with E-state index >= 15 is 0 Å². The summed E-state index contributed by atoms with van der Waals surface area (Å²) in [5.41, 5.74) is 6.91. The summed E-state index contributed by atoms with van der Waals surface area (Å²) in [5.74, 6) is 5.48. The second kappa shape index (κ2) is 4.33. The standard InChI is InChI=1S/C13H22N2/c1-9-6-7-11(13(3,4)5)8-12(9)10(2)15-14/h6-8,10,15H,14H2,1-5H3. The molecule has 0 heterocycles. The van der Waals surface area contributed by atoms with E-state index in [9.17, 15) is 0 Å². The van der Waals surface area contributed by atoms with E-state index in [1.165, 1.54) is 16.7 Å². The zero-order valence-electron chi connectivity index (χ0n) is 10.4. The lowest BCUT2D eigenvalue weighted by molar-refractivity contribution is 0.575. The number of nitrogens with one attached hydrogen (secondary N) is 1. The average molecular weight is 206 g/mol. The van der Waals surface area contributed by atoms with Gasteiger partial charge in [0.2, 0.25) is 0 Å². The van der Waals surface area contributed by atoms with Gasteiger partial charge in [0.25, 0.3) is 0 Å². The highest BCUT2D eigenvalue weighted by Crippen LogP contribution is 2.26. The maximum absolute atomic E-state index is 5.48. The zero-order chi connectivity index (χ0) is 11.6. The Morgan fingerprint density at radius 3 is 2.33 bits per heavy atom. The van der Waals surface area contributed by atoms with E-state index in [2.05, 4.69) is 58.2 Å². The van der Waals surface area contributed by atoms with Gasteiger partial charge in [0.1, 0.15) is 0 Å². The molecule has 1 aromatic carbocycles. The molecule has 84 valence electrons. The van der Waals surface area contributed by atoms with Crippen LogP contribution in [0.3, 0.4) is 0 Å². The fraction of sp³-hybridized carbons (Fsp3) is 0.538. The topological polar surface area (TPSA) is 38.0 Å². The molecule has 0 aliphatic rings. The molecule has 0 bridgehead atoms. The average Bonchev–Trinajstić information content (AvgIpc) is 2.15. The van der Waals surface area contributed by atoms with Crippen molar-refractivity contribution in [3.8, 4) is 0 Å². The molecule has 0 aliphatic heterocycles. The Bertz CT molecular complexity index is 337. The molecule has 1 unspecified atom stereocenters. The molecule has 0 fully saturated rings. The van der Waals surface area contributed by atoms with Crippen molar-refractivity contribution in [3.63, 3.8) is 0 Å². The summed E-state index contributed by atoms with van der Waals surface area (Å²) < 4.78 is 0. The predicted molar refractivity (Wildman–Crippen MR) is 65.6 cm³/mol. The summed E-state index contributed by atoms with van der Waals surface area (Å²) >= 11 is 0. The third-order valence-electron chi connectivity index (χ3n) is 2.86. The predicted octanol–water partition coefficient (Wildman–Crippen LogP) is 2.82. The molecule has 2 heteroatoms. The van der Waals surface area contributed by atoms with Crippen LogP contribution in [0.25, 0.3) is 0 Å². The third-order valence-corrected chi connectivity index (χ3v) is 2.86. The lowest BCUT2D eigenvalue weighted by atomic mass is 9.84. The second-order valence-corrected chi connectivity index (χ2v) is 5.21. The van der Waals surface area contributed by atoms with Crippen LogP contribution < -0.4 is 11.3 Å². The van der Waals surface area contributed by atoms with E-state index in [1.807, 2.05) is 0 Å². The molecule has 3 N–H and O–H groups in total. The highest BCUT2D eigenvalue weighted by Gasteiger charge is 2.16. The van der Waals surface area contributed by atoms with E-state index in [4.69, 9.17) is 5.84 Å². The van der Waals surface area contributed by atoms with Gasteiger partial charge in [0.05, 0.1) is 0 Å². The summed E-state index contributed by atoms with van der Waals surface area (Å²) in [6.45, 7) is 10.9. The molecule has 0 radical (unpaired) electrons. The first-order valence-electron chi connectivity index (χ1n) is 5.43. The van der Waals surface area contributed by atoms with Gasteiger partial charge >= 0.3 is 0 Å². The van der Waals surface area contributed by atoms with Crippen molar-refractivity contribution in [2.75, 3.05) is 0 Å². The SMILES string of the molecule is Cc1ccc(C(C)(C)C)cc1C(C)NN. The molecule has 1 atom stereocenters. The van der Waals surface area contributed by atoms with Crippen LogP contribution in [0.15, 0.2) is 18.2 Å². The molecule has 0 amide bonds. The lowest BCUT2D eigenvalue weighted by Crippen LogP contribution is -2.26. The quantitative estimate of drug-likeness (QED) is 0.577. The van der Waals surface area contributed by atoms with Crippen LogP contribution in [0.4, 0.5) is 0 Å². The minimum absolute atomic E-state index is 0.191. The van der Waals surface area contributed by atoms with E-state index in [0.29, 0.717) is 0 Å². The Kier molecular flexibility index (Phi) is 3.53. The molecule has 0 spiro atoms. The largest absolute Gasteiger partial charge is 0.271 e. The van der Waals surface area contributed by atoms with Crippen molar-refractivity contribution in [1.82, 2.24) is 5.43 Å². The molecule has 0 aromatic heterocycles. The highest BCUT2D eigenvalue weighted by molar-refractivity contribution is 5.36. The van der Waals surface area contributed by atoms with Crippen molar-refractivity contribution >= 4 is 0 Å². The minimum atomic E-state index is 0.191. The van der Waals surface area contributed by atoms with Crippen LogP contribution in [0.2, 0.25) is 0 Å². The van der Waals surface area contributed by atoms with Crippen LogP contribution in [-0.2, 0) is 5.41 Å². The van der Waals surface area contributed by atoms with Crippen molar-refractivity contribution in [2.45, 2.75) is 46.1 Å². The summed E-state index contributed by atoms with van der Waals surface area (Å²) in [5, 5.41) is 0. The summed E-state index contributed by atoms with van der Waals surface area (Å²) in [6.07, 6.45) is 0. The van der Waals surface area contributed by atoms with Gasteiger partial charge in [0.15, 0.2) is 0 Å². The minimum Gasteiger partial charge on any atom is -0.271 e.